The Morgan fingerprint density at radius 2 is 1.84 bits per heavy atom. The second kappa shape index (κ2) is 15.9. The maximum atomic E-state index is 14.6. The predicted octanol–water partition coefficient (Wildman–Crippen LogP) is 7.92. The van der Waals surface area contributed by atoms with Crippen LogP contribution in [0.3, 0.4) is 0 Å². The van der Waals surface area contributed by atoms with Crippen molar-refractivity contribution in [2.45, 2.75) is 82.6 Å². The molecule has 4 aromatic rings. The van der Waals surface area contributed by atoms with Gasteiger partial charge >= 0.3 is 12.3 Å². The van der Waals surface area contributed by atoms with Crippen LogP contribution < -0.4 is 10.6 Å². The number of halogens is 6. The SMILES string of the molecule is CC(C)(CC#N)CCNC(=N)N(C(=O)c1ccc(-c2cnn(C3CC3)c2)cc1)[C@H](COC(=O)NC1(C(F)(F)F)CC1)c1ccc(Cl)c(-n2ncnc2C(F)F)c1. The van der Waals surface area contributed by atoms with Crippen molar-refractivity contribution in [1.29, 1.82) is 10.7 Å². The Kier molecular flexibility index (Phi) is 11.4. The van der Waals surface area contributed by atoms with E-state index in [1.807, 2.05) is 30.0 Å². The highest BCUT2D eigenvalue weighted by Crippen LogP contribution is 2.49. The van der Waals surface area contributed by atoms with E-state index >= 15 is 0 Å². The Bertz CT molecular complexity index is 2120. The number of rotatable bonds is 14. The number of nitriles is 1. The summed E-state index contributed by atoms with van der Waals surface area (Å²) in [6.45, 7) is 3.05. The number of alkyl halides is 5. The first kappa shape index (κ1) is 40.1. The highest BCUT2D eigenvalue weighted by atomic mass is 35.5. The number of hydrogen-bond acceptors (Lipinski definition) is 8. The van der Waals surface area contributed by atoms with Gasteiger partial charge in [-0.25, -0.2) is 23.2 Å². The third kappa shape index (κ3) is 8.93. The van der Waals surface area contributed by atoms with Crippen molar-refractivity contribution in [3.63, 3.8) is 0 Å². The first-order valence-electron chi connectivity index (χ1n) is 17.7. The van der Waals surface area contributed by atoms with Crippen molar-refractivity contribution < 1.29 is 36.3 Å². The number of benzene rings is 2. The van der Waals surface area contributed by atoms with Crippen molar-refractivity contribution in [2.75, 3.05) is 13.2 Å². The van der Waals surface area contributed by atoms with Crippen molar-refractivity contribution in [2.24, 2.45) is 5.41 Å². The minimum atomic E-state index is -4.74. The lowest BCUT2D eigenvalue weighted by molar-refractivity contribution is -0.164. The summed E-state index contributed by atoms with van der Waals surface area (Å²) in [5.74, 6) is -2.00. The molecule has 2 saturated carbocycles. The molecule has 0 radical (unpaired) electrons. The van der Waals surface area contributed by atoms with E-state index in [0.29, 0.717) is 12.5 Å². The molecule has 3 N–H and O–H groups in total. The monoisotopic (exact) mass is 800 g/mol. The molecule has 0 saturated heterocycles. The van der Waals surface area contributed by atoms with E-state index in [2.05, 4.69) is 26.6 Å². The zero-order chi connectivity index (χ0) is 40.4. The summed E-state index contributed by atoms with van der Waals surface area (Å²) < 4.78 is 77.0. The molecular formula is C37H38ClF5N10O3. The fourth-order valence-electron chi connectivity index (χ4n) is 6.07. The number of amides is 2. The largest absolute Gasteiger partial charge is 0.447 e. The Hall–Kier alpha value is -5.57. The first-order valence-corrected chi connectivity index (χ1v) is 18.1. The number of alkyl carbamates (subject to hydrolysis) is 1. The molecule has 2 heterocycles. The van der Waals surface area contributed by atoms with Crippen molar-refractivity contribution in [1.82, 2.24) is 40.1 Å². The molecule has 2 aliphatic carbocycles. The van der Waals surface area contributed by atoms with E-state index < -0.39 is 60.0 Å². The van der Waals surface area contributed by atoms with E-state index in [1.165, 1.54) is 30.3 Å². The molecule has 6 rings (SSSR count). The second-order valence-corrected chi connectivity index (χ2v) is 15.0. The average molecular weight is 801 g/mol. The lowest BCUT2D eigenvalue weighted by atomic mass is 9.86. The van der Waals surface area contributed by atoms with Gasteiger partial charge in [-0.15, -0.1) is 0 Å². The van der Waals surface area contributed by atoms with Crippen LogP contribution in [0.1, 0.15) is 92.6 Å². The Balaban J connectivity index is 1.37. The van der Waals surface area contributed by atoms with E-state index in [-0.39, 0.29) is 47.6 Å². The molecule has 13 nitrogen and oxygen atoms in total. The number of aromatic nitrogens is 5. The van der Waals surface area contributed by atoms with Gasteiger partial charge in [0.05, 0.1) is 35.1 Å². The maximum Gasteiger partial charge on any atom is 0.411 e. The standard InChI is InChI=1S/C37H38ClF5N10O3/c1-35(2,13-15-44)14-16-46-33(45)52(32(54)23-5-3-22(4-6-23)25-18-48-51(19-25)26-8-9-26)29(20-56-34(55)50-36(11-12-36)37(41,42)43)24-7-10-27(38)28(17-24)53-31(30(39)40)47-21-49-53/h3-7,10,17-19,21,26,29-30H,8-9,11-14,16,20H2,1-2H3,(H2,45,46)(H,50,55)/t29-/m1/s1. The van der Waals surface area contributed by atoms with Crippen molar-refractivity contribution in [3.8, 4) is 22.9 Å². The average Bonchev–Trinajstić information content (AvgIpc) is 4.04. The smallest absolute Gasteiger partial charge is 0.411 e. The van der Waals surface area contributed by atoms with Gasteiger partial charge in [0.1, 0.15) is 18.5 Å². The second-order valence-electron chi connectivity index (χ2n) is 14.6. The first-order chi connectivity index (χ1) is 26.5. The normalized spacial score (nSPS) is 15.5. The quantitative estimate of drug-likeness (QED) is 0.0657. The molecule has 0 unspecified atom stereocenters. The van der Waals surface area contributed by atoms with Crippen LogP contribution in [0, 0.1) is 22.2 Å². The fourth-order valence-corrected chi connectivity index (χ4v) is 6.27. The fraction of sp³-hybridized carbons (Fsp3) is 0.432. The molecule has 0 spiro atoms. The van der Waals surface area contributed by atoms with Crippen LogP contribution in [0.2, 0.25) is 5.02 Å². The lowest BCUT2D eigenvalue weighted by Gasteiger charge is -2.33. The maximum absolute atomic E-state index is 14.6. The molecule has 2 fully saturated rings. The number of guanidine groups is 1. The van der Waals surface area contributed by atoms with E-state index in [1.54, 1.807) is 18.3 Å². The lowest BCUT2D eigenvalue weighted by Crippen LogP contribution is -2.50. The molecule has 0 bridgehead atoms. The van der Waals surface area contributed by atoms with Crippen LogP contribution in [-0.2, 0) is 4.74 Å². The number of nitrogens with zero attached hydrogens (tertiary/aromatic N) is 7. The van der Waals surface area contributed by atoms with Gasteiger partial charge in [-0.1, -0.05) is 43.6 Å². The molecule has 56 heavy (non-hydrogen) atoms. The highest BCUT2D eigenvalue weighted by molar-refractivity contribution is 6.32. The highest BCUT2D eigenvalue weighted by Gasteiger charge is 2.64. The number of carbonyl (C=O) groups excluding carboxylic acids is 2. The Morgan fingerprint density at radius 3 is 2.46 bits per heavy atom. The van der Waals surface area contributed by atoms with E-state index in [4.69, 9.17) is 21.7 Å². The number of nitrogens with one attached hydrogen (secondary N) is 3. The Labute approximate surface area is 323 Å². The van der Waals surface area contributed by atoms with E-state index in [9.17, 15) is 36.8 Å². The van der Waals surface area contributed by atoms with Crippen molar-refractivity contribution >= 4 is 29.6 Å². The molecule has 2 aromatic carbocycles. The molecule has 1 atom stereocenters. The molecule has 2 aromatic heterocycles. The predicted molar refractivity (Wildman–Crippen MR) is 193 cm³/mol. The molecule has 2 amide bonds. The zero-order valence-electron chi connectivity index (χ0n) is 30.3. The minimum Gasteiger partial charge on any atom is -0.447 e. The van der Waals surface area contributed by atoms with Gasteiger partial charge in [0, 0.05) is 30.3 Å². The van der Waals surface area contributed by atoms with Gasteiger partial charge in [0.2, 0.25) is 0 Å². The summed E-state index contributed by atoms with van der Waals surface area (Å²) in [5.41, 5.74) is -1.26. The van der Waals surface area contributed by atoms with E-state index in [0.717, 1.165) is 39.9 Å². The van der Waals surface area contributed by atoms with Crippen LogP contribution in [-0.4, -0.2) is 72.3 Å². The number of carbonyl (C=O) groups is 2. The summed E-state index contributed by atoms with van der Waals surface area (Å²) in [4.78, 5) is 32.1. The molecular weight excluding hydrogens is 763 g/mol. The molecule has 0 aliphatic heterocycles. The van der Waals surface area contributed by atoms with Crippen LogP contribution in [0.15, 0.2) is 61.2 Å². The molecule has 296 valence electrons. The van der Waals surface area contributed by atoms with Crippen LogP contribution in [0.5, 0.6) is 0 Å². The van der Waals surface area contributed by atoms with Gasteiger partial charge < -0.3 is 15.4 Å². The van der Waals surface area contributed by atoms with Crippen LogP contribution >= 0.6 is 11.6 Å². The summed E-state index contributed by atoms with van der Waals surface area (Å²) in [7, 11) is 0. The summed E-state index contributed by atoms with van der Waals surface area (Å²) in [5, 5.41) is 31.4. The summed E-state index contributed by atoms with van der Waals surface area (Å²) in [6.07, 6.45) is -2.73. The van der Waals surface area contributed by atoms with Gasteiger partial charge in [-0.2, -0.15) is 28.6 Å². The van der Waals surface area contributed by atoms with Crippen LogP contribution in [0.25, 0.3) is 16.8 Å². The molecule has 2 aliphatic rings. The summed E-state index contributed by atoms with van der Waals surface area (Å²) >= 11 is 6.44. The zero-order valence-corrected chi connectivity index (χ0v) is 31.0. The minimum absolute atomic E-state index is 0.0502. The van der Waals surface area contributed by atoms with Gasteiger partial charge in [-0.05, 0) is 72.9 Å². The molecule has 19 heteroatoms. The number of hydrogen-bond donors (Lipinski definition) is 3. The Morgan fingerprint density at radius 1 is 1.12 bits per heavy atom. The van der Waals surface area contributed by atoms with Crippen molar-refractivity contribution in [3.05, 3.63) is 83.2 Å². The third-order valence-corrected chi connectivity index (χ3v) is 10.1. The van der Waals surface area contributed by atoms with Gasteiger partial charge in [0.25, 0.3) is 12.3 Å². The number of ether oxygens (including phenoxy) is 1. The van der Waals surface area contributed by atoms with Gasteiger partial charge in [-0.3, -0.25) is 19.8 Å². The van der Waals surface area contributed by atoms with Crippen LogP contribution in [0.4, 0.5) is 26.7 Å². The van der Waals surface area contributed by atoms with Gasteiger partial charge in [0.15, 0.2) is 11.8 Å². The summed E-state index contributed by atoms with van der Waals surface area (Å²) in [6, 6.07) is 11.5. The third-order valence-electron chi connectivity index (χ3n) is 9.77. The topological polar surface area (TPSA) is 167 Å².